The molecule has 112 valence electrons. The predicted molar refractivity (Wildman–Crippen MR) is 77.2 cm³/mol. The van der Waals surface area contributed by atoms with Crippen molar-refractivity contribution in [3.05, 3.63) is 28.8 Å². The Morgan fingerprint density at radius 2 is 2.14 bits per heavy atom. The van der Waals surface area contributed by atoms with Gasteiger partial charge >= 0.3 is 0 Å². The Morgan fingerprint density at radius 3 is 2.71 bits per heavy atom. The maximum absolute atomic E-state index is 12.0. The molecule has 2 heterocycles. The summed E-state index contributed by atoms with van der Waals surface area (Å²) in [5, 5.41) is 13.6. The van der Waals surface area contributed by atoms with Crippen LogP contribution in [0.3, 0.4) is 0 Å². The standard InChI is InChI=1S/C12H15ClN6O2/c1-7-8(13)4-15-19(7)6-10(20)16-9-5-18(3)17-11(9)12(21)14-2/h4-5H,6H2,1-3H3,(H,14,21)(H,16,20). The van der Waals surface area contributed by atoms with Gasteiger partial charge in [-0.25, -0.2) is 0 Å². The van der Waals surface area contributed by atoms with Gasteiger partial charge in [-0.3, -0.25) is 19.0 Å². The molecule has 0 fully saturated rings. The van der Waals surface area contributed by atoms with Gasteiger partial charge in [0.15, 0.2) is 5.69 Å². The molecule has 0 unspecified atom stereocenters. The van der Waals surface area contributed by atoms with E-state index in [0.29, 0.717) is 16.4 Å². The van der Waals surface area contributed by atoms with Gasteiger partial charge in [0, 0.05) is 20.3 Å². The predicted octanol–water partition coefficient (Wildman–Crippen LogP) is 0.577. The minimum Gasteiger partial charge on any atom is -0.354 e. The second kappa shape index (κ2) is 5.96. The van der Waals surface area contributed by atoms with Gasteiger partial charge in [-0.05, 0) is 6.92 Å². The van der Waals surface area contributed by atoms with E-state index in [4.69, 9.17) is 11.6 Å². The number of carbonyl (C=O) groups is 2. The number of nitrogens with zero attached hydrogens (tertiary/aromatic N) is 4. The Labute approximate surface area is 126 Å². The summed E-state index contributed by atoms with van der Waals surface area (Å²) in [6.07, 6.45) is 3.04. The van der Waals surface area contributed by atoms with Gasteiger partial charge in [0.1, 0.15) is 6.54 Å². The van der Waals surface area contributed by atoms with Crippen molar-refractivity contribution in [3.8, 4) is 0 Å². The fourth-order valence-electron chi connectivity index (χ4n) is 1.77. The zero-order valence-corrected chi connectivity index (χ0v) is 12.6. The van der Waals surface area contributed by atoms with Crippen LogP contribution in [0, 0.1) is 6.92 Å². The SMILES string of the molecule is CNC(=O)c1nn(C)cc1NC(=O)Cn1ncc(Cl)c1C. The minimum atomic E-state index is -0.371. The maximum Gasteiger partial charge on any atom is 0.273 e. The van der Waals surface area contributed by atoms with Crippen LogP contribution < -0.4 is 10.6 Å². The number of hydrogen-bond donors (Lipinski definition) is 2. The first-order valence-electron chi connectivity index (χ1n) is 6.16. The van der Waals surface area contributed by atoms with Crippen LogP contribution in [0.4, 0.5) is 5.69 Å². The van der Waals surface area contributed by atoms with Crippen LogP contribution in [0.25, 0.3) is 0 Å². The zero-order chi connectivity index (χ0) is 15.6. The summed E-state index contributed by atoms with van der Waals surface area (Å²) in [5.41, 5.74) is 1.20. The van der Waals surface area contributed by atoms with Crippen molar-refractivity contribution in [3.63, 3.8) is 0 Å². The summed E-state index contributed by atoms with van der Waals surface area (Å²) in [6, 6.07) is 0. The van der Waals surface area contributed by atoms with Crippen LogP contribution in [-0.2, 0) is 18.4 Å². The first kappa shape index (κ1) is 15.0. The molecule has 0 saturated heterocycles. The molecule has 2 aromatic heterocycles. The summed E-state index contributed by atoms with van der Waals surface area (Å²) in [6.45, 7) is 1.77. The third kappa shape index (κ3) is 3.22. The molecule has 0 aromatic carbocycles. The monoisotopic (exact) mass is 310 g/mol. The minimum absolute atomic E-state index is 0.000627. The highest BCUT2D eigenvalue weighted by Gasteiger charge is 2.17. The smallest absolute Gasteiger partial charge is 0.273 e. The van der Waals surface area contributed by atoms with Crippen LogP contribution in [0.1, 0.15) is 16.2 Å². The topological polar surface area (TPSA) is 93.8 Å². The molecule has 8 nitrogen and oxygen atoms in total. The Kier molecular flexibility index (Phi) is 4.27. The van der Waals surface area contributed by atoms with Crippen molar-refractivity contribution >= 4 is 29.1 Å². The number of carbonyl (C=O) groups excluding carboxylic acids is 2. The van der Waals surface area contributed by atoms with E-state index in [9.17, 15) is 9.59 Å². The largest absolute Gasteiger partial charge is 0.354 e. The Hall–Kier alpha value is -2.35. The van der Waals surface area contributed by atoms with Crippen molar-refractivity contribution in [2.24, 2.45) is 7.05 Å². The lowest BCUT2D eigenvalue weighted by atomic mass is 10.3. The van der Waals surface area contributed by atoms with Crippen LogP contribution in [-0.4, -0.2) is 38.4 Å². The Balaban J connectivity index is 2.13. The molecule has 2 amide bonds. The second-order valence-electron chi connectivity index (χ2n) is 4.43. The number of aromatic nitrogens is 4. The number of aryl methyl sites for hydroxylation is 1. The Morgan fingerprint density at radius 1 is 1.43 bits per heavy atom. The molecule has 0 aliphatic heterocycles. The fourth-order valence-corrected chi connectivity index (χ4v) is 1.92. The van der Waals surface area contributed by atoms with Crippen molar-refractivity contribution < 1.29 is 9.59 Å². The quantitative estimate of drug-likeness (QED) is 0.863. The van der Waals surface area contributed by atoms with Crippen molar-refractivity contribution in [2.75, 3.05) is 12.4 Å². The molecule has 2 rings (SSSR count). The summed E-state index contributed by atoms with van der Waals surface area (Å²) < 4.78 is 2.93. The molecule has 9 heteroatoms. The lowest BCUT2D eigenvalue weighted by molar-refractivity contribution is -0.116. The average molecular weight is 311 g/mol. The molecule has 0 spiro atoms. The fraction of sp³-hybridized carbons (Fsp3) is 0.333. The lowest BCUT2D eigenvalue weighted by Crippen LogP contribution is -2.24. The highest BCUT2D eigenvalue weighted by molar-refractivity contribution is 6.31. The molecule has 2 N–H and O–H groups in total. The third-order valence-electron chi connectivity index (χ3n) is 2.88. The number of anilines is 1. The van der Waals surface area contributed by atoms with Gasteiger partial charge in [-0.2, -0.15) is 10.2 Å². The number of nitrogens with one attached hydrogen (secondary N) is 2. The lowest BCUT2D eigenvalue weighted by Gasteiger charge is -2.06. The van der Waals surface area contributed by atoms with Crippen molar-refractivity contribution in [1.82, 2.24) is 24.9 Å². The summed E-state index contributed by atoms with van der Waals surface area (Å²) in [5.74, 6) is -0.694. The van der Waals surface area contributed by atoms with E-state index in [0.717, 1.165) is 0 Å². The normalized spacial score (nSPS) is 10.5. The molecule has 2 aromatic rings. The second-order valence-corrected chi connectivity index (χ2v) is 4.84. The van der Waals surface area contributed by atoms with Crippen molar-refractivity contribution in [2.45, 2.75) is 13.5 Å². The molecular formula is C12H15ClN6O2. The molecule has 0 radical (unpaired) electrons. The summed E-state index contributed by atoms with van der Waals surface area (Å²) in [7, 11) is 3.16. The van der Waals surface area contributed by atoms with Crippen LogP contribution >= 0.6 is 11.6 Å². The highest BCUT2D eigenvalue weighted by Crippen LogP contribution is 2.15. The zero-order valence-electron chi connectivity index (χ0n) is 11.8. The molecule has 0 saturated carbocycles. The highest BCUT2D eigenvalue weighted by atomic mass is 35.5. The van der Waals surface area contributed by atoms with Gasteiger partial charge < -0.3 is 10.6 Å². The van der Waals surface area contributed by atoms with Crippen LogP contribution in [0.5, 0.6) is 0 Å². The average Bonchev–Trinajstić information content (AvgIpc) is 2.95. The maximum atomic E-state index is 12.0. The number of hydrogen-bond acceptors (Lipinski definition) is 4. The van der Waals surface area contributed by atoms with Crippen LogP contribution in [0.2, 0.25) is 5.02 Å². The molecular weight excluding hydrogens is 296 g/mol. The van der Waals surface area contributed by atoms with Gasteiger partial charge in [-0.15, -0.1) is 0 Å². The van der Waals surface area contributed by atoms with Gasteiger partial charge in [0.2, 0.25) is 5.91 Å². The van der Waals surface area contributed by atoms with E-state index in [-0.39, 0.29) is 24.1 Å². The van der Waals surface area contributed by atoms with E-state index in [2.05, 4.69) is 20.8 Å². The van der Waals surface area contributed by atoms with E-state index in [1.54, 1.807) is 20.2 Å². The first-order valence-corrected chi connectivity index (χ1v) is 6.53. The summed E-state index contributed by atoms with van der Waals surface area (Å²) >= 11 is 5.88. The van der Waals surface area contributed by atoms with Crippen LogP contribution in [0.15, 0.2) is 12.4 Å². The van der Waals surface area contributed by atoms with Gasteiger partial charge in [0.05, 0.1) is 22.6 Å². The number of rotatable bonds is 4. The Bertz CT molecular complexity index is 690. The summed E-state index contributed by atoms with van der Waals surface area (Å²) in [4.78, 5) is 23.7. The van der Waals surface area contributed by atoms with Gasteiger partial charge in [0.25, 0.3) is 5.91 Å². The molecule has 0 bridgehead atoms. The molecule has 0 aliphatic carbocycles. The third-order valence-corrected chi connectivity index (χ3v) is 3.25. The van der Waals surface area contributed by atoms with Crippen molar-refractivity contribution in [1.29, 1.82) is 0 Å². The van der Waals surface area contributed by atoms with Gasteiger partial charge in [-0.1, -0.05) is 11.6 Å². The van der Waals surface area contributed by atoms with E-state index in [1.165, 1.54) is 22.6 Å². The molecule has 0 aliphatic rings. The number of amides is 2. The first-order chi connectivity index (χ1) is 9.92. The number of halogens is 1. The van der Waals surface area contributed by atoms with E-state index >= 15 is 0 Å². The molecule has 0 atom stereocenters. The van der Waals surface area contributed by atoms with E-state index in [1.807, 2.05) is 0 Å². The molecule has 21 heavy (non-hydrogen) atoms. The van der Waals surface area contributed by atoms with E-state index < -0.39 is 0 Å².